The van der Waals surface area contributed by atoms with Gasteiger partial charge in [0.2, 0.25) is 0 Å². The molecule has 1 aliphatic carbocycles. The lowest BCUT2D eigenvalue weighted by Gasteiger charge is -2.31. The number of piperidine rings is 1. The van der Waals surface area contributed by atoms with Gasteiger partial charge in [0.25, 0.3) is 0 Å². The number of hydrogen-bond donors (Lipinski definition) is 1. The molecule has 2 heterocycles. The van der Waals surface area contributed by atoms with Gasteiger partial charge in [0.15, 0.2) is 0 Å². The van der Waals surface area contributed by atoms with Crippen molar-refractivity contribution in [3.05, 3.63) is 94.8 Å². The molecule has 172 valence electrons. The summed E-state index contributed by atoms with van der Waals surface area (Å²) in [6, 6.07) is 18.3. The number of carboxylic acids is 1. The van der Waals surface area contributed by atoms with Crippen LogP contribution >= 0.6 is 0 Å². The van der Waals surface area contributed by atoms with E-state index in [4.69, 9.17) is 0 Å². The van der Waals surface area contributed by atoms with E-state index in [9.17, 15) is 14.7 Å². The molecule has 1 saturated heterocycles. The molecule has 0 saturated carbocycles. The Morgan fingerprint density at radius 2 is 1.68 bits per heavy atom. The Morgan fingerprint density at radius 1 is 0.941 bits per heavy atom. The molecule has 2 aliphatic rings. The summed E-state index contributed by atoms with van der Waals surface area (Å²) in [5, 5.41) is 9.51. The normalized spacial score (nSPS) is 16.6. The van der Waals surface area contributed by atoms with Gasteiger partial charge in [-0.1, -0.05) is 18.2 Å². The summed E-state index contributed by atoms with van der Waals surface area (Å²) in [6.45, 7) is 1.79. The van der Waals surface area contributed by atoms with Crippen molar-refractivity contribution in [2.24, 2.45) is 5.92 Å². The molecule has 5 nitrogen and oxygen atoms in total. The Labute approximate surface area is 199 Å². The van der Waals surface area contributed by atoms with Crippen LogP contribution in [0.1, 0.15) is 58.3 Å². The first kappa shape index (κ1) is 22.1. The summed E-state index contributed by atoms with van der Waals surface area (Å²) in [6.07, 6.45) is 9.27. The fourth-order valence-electron chi connectivity index (χ4n) is 5.22. The quantitative estimate of drug-likeness (QED) is 0.518. The molecule has 0 radical (unpaired) electrons. The zero-order chi connectivity index (χ0) is 23.5. The van der Waals surface area contributed by atoms with Crippen LogP contribution in [0, 0.1) is 5.92 Å². The van der Waals surface area contributed by atoms with E-state index in [1.165, 1.54) is 16.8 Å². The molecule has 3 aromatic rings. The second-order valence-electron chi connectivity index (χ2n) is 9.13. The van der Waals surface area contributed by atoms with Gasteiger partial charge in [-0.25, -0.2) is 4.79 Å². The first-order valence-electron chi connectivity index (χ1n) is 11.9. The highest BCUT2D eigenvalue weighted by Gasteiger charge is 2.22. The highest BCUT2D eigenvalue weighted by atomic mass is 16.4. The zero-order valence-electron chi connectivity index (χ0n) is 19.1. The van der Waals surface area contributed by atoms with Crippen molar-refractivity contribution < 1.29 is 14.7 Å². The van der Waals surface area contributed by atoms with Gasteiger partial charge < -0.3 is 14.8 Å². The van der Waals surface area contributed by atoms with Crippen LogP contribution in [0.25, 0.3) is 11.1 Å². The van der Waals surface area contributed by atoms with Crippen molar-refractivity contribution >= 4 is 29.1 Å². The molecule has 2 aromatic carbocycles. The predicted molar refractivity (Wildman–Crippen MR) is 134 cm³/mol. The predicted octanol–water partition coefficient (Wildman–Crippen LogP) is 5.49. The number of fused-ring (bicyclic) bond motifs is 1. The molecule has 0 unspecified atom stereocenters. The van der Waals surface area contributed by atoms with E-state index in [0.717, 1.165) is 73.7 Å². The first-order valence-corrected chi connectivity index (χ1v) is 11.9. The van der Waals surface area contributed by atoms with Crippen LogP contribution in [-0.4, -0.2) is 35.4 Å². The fraction of sp³-hybridized carbons (Fsp3) is 0.276. The summed E-state index contributed by atoms with van der Waals surface area (Å²) < 4.78 is 0. The van der Waals surface area contributed by atoms with Crippen molar-refractivity contribution in [2.75, 3.05) is 18.0 Å². The molecule has 0 amide bonds. The van der Waals surface area contributed by atoms with E-state index >= 15 is 0 Å². The van der Waals surface area contributed by atoms with Crippen LogP contribution in [-0.2, 0) is 11.2 Å². The second kappa shape index (κ2) is 9.64. The Kier molecular flexibility index (Phi) is 6.26. The maximum absolute atomic E-state index is 11.6. The lowest BCUT2D eigenvalue weighted by molar-refractivity contribution is -0.111. The Morgan fingerprint density at radius 3 is 2.35 bits per heavy atom. The molecule has 1 N–H and O–H groups in total. The Balaban J connectivity index is 1.58. The third-order valence-corrected chi connectivity index (χ3v) is 7.08. The number of benzene rings is 2. The van der Waals surface area contributed by atoms with Crippen LogP contribution < -0.4 is 4.90 Å². The number of rotatable bonds is 5. The second-order valence-corrected chi connectivity index (χ2v) is 9.13. The van der Waals surface area contributed by atoms with Crippen LogP contribution in [0.2, 0.25) is 0 Å². The third kappa shape index (κ3) is 4.38. The highest BCUT2D eigenvalue weighted by Crippen LogP contribution is 2.40. The smallest absolute Gasteiger partial charge is 0.335 e. The number of anilines is 1. The minimum absolute atomic E-state index is 0.182. The van der Waals surface area contributed by atoms with E-state index in [1.54, 1.807) is 6.07 Å². The SMILES string of the molecule is O=CC1CCN(c2ccc(C3=C(c4ccncc4)CCCc4cc(C(=O)O)ccc43)cc2)CC1. The molecule has 0 bridgehead atoms. The first-order chi connectivity index (χ1) is 16.6. The number of aromatic nitrogens is 1. The number of allylic oxidation sites excluding steroid dienone is 1. The van der Waals surface area contributed by atoms with Gasteiger partial charge in [0.1, 0.15) is 6.29 Å². The lowest BCUT2D eigenvalue weighted by Crippen LogP contribution is -2.34. The van der Waals surface area contributed by atoms with E-state index in [-0.39, 0.29) is 5.92 Å². The number of carbonyl (C=O) groups excluding carboxylic acids is 1. The maximum Gasteiger partial charge on any atom is 0.335 e. The molecule has 0 spiro atoms. The van der Waals surface area contributed by atoms with E-state index in [0.29, 0.717) is 5.56 Å². The molecule has 1 aliphatic heterocycles. The minimum atomic E-state index is -0.894. The summed E-state index contributed by atoms with van der Waals surface area (Å²) >= 11 is 0. The van der Waals surface area contributed by atoms with Gasteiger partial charge in [0.05, 0.1) is 5.56 Å². The zero-order valence-corrected chi connectivity index (χ0v) is 19.1. The van der Waals surface area contributed by atoms with E-state index in [1.807, 2.05) is 24.5 Å². The van der Waals surface area contributed by atoms with Gasteiger partial charge in [0, 0.05) is 37.1 Å². The van der Waals surface area contributed by atoms with E-state index in [2.05, 4.69) is 46.3 Å². The van der Waals surface area contributed by atoms with Gasteiger partial charge in [-0.15, -0.1) is 0 Å². The van der Waals surface area contributed by atoms with Gasteiger partial charge in [-0.3, -0.25) is 4.98 Å². The maximum atomic E-state index is 11.6. The van der Waals surface area contributed by atoms with Gasteiger partial charge in [-0.2, -0.15) is 0 Å². The monoisotopic (exact) mass is 452 g/mol. The van der Waals surface area contributed by atoms with Crippen molar-refractivity contribution in [2.45, 2.75) is 32.1 Å². The molecule has 5 heteroatoms. The number of pyridine rings is 1. The summed E-state index contributed by atoms with van der Waals surface area (Å²) in [5.41, 5.74) is 8.41. The van der Waals surface area contributed by atoms with Crippen LogP contribution in [0.15, 0.2) is 67.0 Å². The van der Waals surface area contributed by atoms with Crippen molar-refractivity contribution in [1.82, 2.24) is 4.98 Å². The minimum Gasteiger partial charge on any atom is -0.478 e. The number of aldehydes is 1. The summed E-state index contributed by atoms with van der Waals surface area (Å²) in [7, 11) is 0. The molecule has 1 aromatic heterocycles. The number of carboxylic acid groups (broad SMARTS) is 1. The molecular weight excluding hydrogens is 424 g/mol. The number of hydrogen-bond acceptors (Lipinski definition) is 4. The summed E-state index contributed by atoms with van der Waals surface area (Å²) in [5.74, 6) is -0.712. The molecule has 5 rings (SSSR count). The number of carbonyl (C=O) groups is 2. The third-order valence-electron chi connectivity index (χ3n) is 7.08. The largest absolute Gasteiger partial charge is 0.478 e. The van der Waals surface area contributed by atoms with Crippen LogP contribution in [0.4, 0.5) is 5.69 Å². The topological polar surface area (TPSA) is 70.5 Å². The van der Waals surface area contributed by atoms with Crippen molar-refractivity contribution in [3.8, 4) is 0 Å². The van der Waals surface area contributed by atoms with Crippen LogP contribution in [0.3, 0.4) is 0 Å². The average Bonchev–Trinajstić information content (AvgIpc) is 3.08. The van der Waals surface area contributed by atoms with E-state index < -0.39 is 5.97 Å². The van der Waals surface area contributed by atoms with Crippen LogP contribution in [0.5, 0.6) is 0 Å². The fourth-order valence-corrected chi connectivity index (χ4v) is 5.22. The molecule has 1 fully saturated rings. The van der Waals surface area contributed by atoms with Crippen molar-refractivity contribution in [1.29, 1.82) is 0 Å². The molecule has 0 atom stereocenters. The number of aromatic carboxylic acids is 1. The standard InChI is InChI=1S/C29H28N2O3/c32-19-20-12-16-31(17-13-20)25-7-4-22(5-8-25)28-26(21-10-14-30-15-11-21)3-1-2-23-18-24(29(33)34)6-9-27(23)28/h4-11,14-15,18-20H,1-3,12-13,16-17H2,(H,33,34). The Bertz CT molecular complexity index is 1220. The Hall–Kier alpha value is -3.73. The number of nitrogens with zero attached hydrogens (tertiary/aromatic N) is 2. The lowest BCUT2D eigenvalue weighted by atomic mass is 9.87. The average molecular weight is 453 g/mol. The van der Waals surface area contributed by atoms with Crippen molar-refractivity contribution in [3.63, 3.8) is 0 Å². The molecular formula is C29H28N2O3. The molecule has 34 heavy (non-hydrogen) atoms. The van der Waals surface area contributed by atoms with Gasteiger partial charge in [-0.05, 0) is 102 Å². The highest BCUT2D eigenvalue weighted by molar-refractivity contribution is 6.00. The van der Waals surface area contributed by atoms with Gasteiger partial charge >= 0.3 is 5.97 Å². The summed E-state index contributed by atoms with van der Waals surface area (Å²) in [4.78, 5) is 29.2. The number of aryl methyl sites for hydroxylation is 1.